The fourth-order valence-corrected chi connectivity index (χ4v) is 1.89. The molecule has 1 atom stereocenters. The molecule has 1 rings (SSSR count). The van der Waals surface area contributed by atoms with Gasteiger partial charge in [0.2, 0.25) is 0 Å². The molecule has 0 radical (unpaired) electrons. The maximum absolute atomic E-state index is 13.7. The first kappa shape index (κ1) is 16.9. The molecular formula is C12H12BrF4NO2. The van der Waals surface area contributed by atoms with Gasteiger partial charge in [0, 0.05) is 13.7 Å². The van der Waals surface area contributed by atoms with Crippen LogP contribution in [0.5, 0.6) is 0 Å². The second-order valence-corrected chi connectivity index (χ2v) is 5.22. The summed E-state index contributed by atoms with van der Waals surface area (Å²) in [6.07, 6.45) is -4.84. The summed E-state index contributed by atoms with van der Waals surface area (Å²) in [6.45, 7) is 0.397. The molecule has 3 nitrogen and oxygen atoms in total. The van der Waals surface area contributed by atoms with Crippen molar-refractivity contribution in [1.29, 1.82) is 0 Å². The second-order valence-electron chi connectivity index (χ2n) is 3.93. The molecule has 0 saturated carbocycles. The van der Waals surface area contributed by atoms with Gasteiger partial charge in [0.1, 0.15) is 5.82 Å². The summed E-state index contributed by atoms with van der Waals surface area (Å²) < 4.78 is 56.0. The molecule has 0 aliphatic carbocycles. The Morgan fingerprint density at radius 1 is 1.45 bits per heavy atom. The van der Waals surface area contributed by atoms with Gasteiger partial charge in [-0.2, -0.15) is 13.2 Å². The van der Waals surface area contributed by atoms with E-state index in [4.69, 9.17) is 4.74 Å². The number of hydrogen-bond acceptors (Lipinski definition) is 2. The average molecular weight is 358 g/mol. The smallest absolute Gasteiger partial charge is 0.383 e. The number of carbonyl (C=O) groups excluding carboxylic acids is 1. The average Bonchev–Trinajstić information content (AvgIpc) is 2.35. The van der Waals surface area contributed by atoms with Gasteiger partial charge >= 0.3 is 6.18 Å². The highest BCUT2D eigenvalue weighted by atomic mass is 79.9. The van der Waals surface area contributed by atoms with Gasteiger partial charge in [-0.05, 0) is 12.1 Å². The van der Waals surface area contributed by atoms with Crippen molar-refractivity contribution in [1.82, 2.24) is 5.32 Å². The largest absolute Gasteiger partial charge is 0.419 e. The molecule has 20 heavy (non-hydrogen) atoms. The van der Waals surface area contributed by atoms with E-state index in [-0.39, 0.29) is 11.4 Å². The van der Waals surface area contributed by atoms with E-state index in [1.54, 1.807) is 0 Å². The monoisotopic (exact) mass is 357 g/mol. The van der Waals surface area contributed by atoms with Gasteiger partial charge in [-0.25, -0.2) is 4.39 Å². The van der Waals surface area contributed by atoms with Crippen molar-refractivity contribution in [3.63, 3.8) is 0 Å². The first-order valence-electron chi connectivity index (χ1n) is 5.54. The Kier molecular flexibility index (Phi) is 5.94. The van der Waals surface area contributed by atoms with E-state index in [2.05, 4.69) is 21.2 Å². The number of carbonyl (C=O) groups is 1. The zero-order chi connectivity index (χ0) is 15.3. The maximum atomic E-state index is 13.7. The Balaban J connectivity index is 2.84. The van der Waals surface area contributed by atoms with Crippen molar-refractivity contribution in [2.45, 2.75) is 11.0 Å². The number of rotatable bonds is 5. The predicted molar refractivity (Wildman–Crippen MR) is 68.3 cm³/mol. The zero-order valence-corrected chi connectivity index (χ0v) is 12.0. The minimum absolute atomic E-state index is 0.0996. The second kappa shape index (κ2) is 7.03. The highest BCUT2D eigenvalue weighted by Gasteiger charge is 2.35. The minimum Gasteiger partial charge on any atom is -0.383 e. The van der Waals surface area contributed by atoms with Gasteiger partial charge in [-0.15, -0.1) is 0 Å². The quantitative estimate of drug-likeness (QED) is 0.649. The van der Waals surface area contributed by atoms with E-state index in [1.807, 2.05) is 0 Å². The number of amides is 1. The van der Waals surface area contributed by atoms with E-state index in [1.165, 1.54) is 7.11 Å². The molecule has 0 bridgehead atoms. The van der Waals surface area contributed by atoms with Crippen LogP contribution >= 0.6 is 15.9 Å². The molecule has 1 unspecified atom stereocenters. The van der Waals surface area contributed by atoms with Crippen molar-refractivity contribution in [2.75, 3.05) is 20.3 Å². The molecule has 0 saturated heterocycles. The SMILES string of the molecule is COCC(Br)CNC(=O)c1cccc(C(F)(F)F)c1F. The minimum atomic E-state index is -4.84. The summed E-state index contributed by atoms with van der Waals surface area (Å²) in [5.74, 6) is -2.48. The van der Waals surface area contributed by atoms with Gasteiger partial charge in [0.15, 0.2) is 0 Å². The number of benzene rings is 1. The Morgan fingerprint density at radius 3 is 2.65 bits per heavy atom. The Hall–Kier alpha value is -1.15. The summed E-state index contributed by atoms with van der Waals surface area (Å²) in [5, 5.41) is 2.33. The van der Waals surface area contributed by atoms with Crippen molar-refractivity contribution in [3.05, 3.63) is 35.1 Å². The Bertz CT molecular complexity index is 479. The normalized spacial score (nSPS) is 13.1. The lowest BCUT2D eigenvalue weighted by Gasteiger charge is -2.13. The highest BCUT2D eigenvalue weighted by molar-refractivity contribution is 9.09. The molecule has 1 N–H and O–H groups in total. The maximum Gasteiger partial charge on any atom is 0.419 e. The van der Waals surface area contributed by atoms with E-state index in [9.17, 15) is 22.4 Å². The van der Waals surface area contributed by atoms with Crippen LogP contribution in [0.25, 0.3) is 0 Å². The first-order chi connectivity index (χ1) is 9.27. The lowest BCUT2D eigenvalue weighted by molar-refractivity contribution is -0.140. The highest BCUT2D eigenvalue weighted by Crippen LogP contribution is 2.32. The molecule has 1 amide bonds. The molecule has 0 aliphatic heterocycles. The standard InChI is InChI=1S/C12H12BrF4NO2/c1-20-6-7(13)5-18-11(19)8-3-2-4-9(10(8)14)12(15,16)17/h2-4,7H,5-6H2,1H3,(H,18,19). The molecule has 0 aliphatic rings. The van der Waals surface area contributed by atoms with E-state index >= 15 is 0 Å². The molecule has 1 aromatic carbocycles. The summed E-state index contributed by atoms with van der Waals surface area (Å²) in [7, 11) is 1.46. The molecule has 0 heterocycles. The van der Waals surface area contributed by atoms with Crippen LogP contribution in [0.15, 0.2) is 18.2 Å². The van der Waals surface area contributed by atoms with E-state index in [0.29, 0.717) is 12.7 Å². The van der Waals surface area contributed by atoms with E-state index < -0.39 is 29.0 Å². The molecule has 0 spiro atoms. The first-order valence-corrected chi connectivity index (χ1v) is 6.45. The van der Waals surface area contributed by atoms with Gasteiger partial charge in [-0.3, -0.25) is 4.79 Å². The molecule has 0 aromatic heterocycles. The van der Waals surface area contributed by atoms with Gasteiger partial charge in [-0.1, -0.05) is 22.0 Å². The lowest BCUT2D eigenvalue weighted by Crippen LogP contribution is -2.32. The fraction of sp³-hybridized carbons (Fsp3) is 0.417. The zero-order valence-electron chi connectivity index (χ0n) is 10.4. The summed E-state index contributed by atoms with van der Waals surface area (Å²) in [5.41, 5.74) is -2.10. The van der Waals surface area contributed by atoms with Crippen LogP contribution in [0.3, 0.4) is 0 Å². The Labute approximate surface area is 121 Å². The molecule has 8 heteroatoms. The van der Waals surface area contributed by atoms with Crippen molar-refractivity contribution in [2.24, 2.45) is 0 Å². The summed E-state index contributed by atoms with van der Waals surface area (Å²) in [4.78, 5) is 11.5. The molecule has 1 aromatic rings. The number of methoxy groups -OCH3 is 1. The third-order valence-electron chi connectivity index (χ3n) is 2.38. The van der Waals surface area contributed by atoms with Crippen LogP contribution in [0.1, 0.15) is 15.9 Å². The fourth-order valence-electron chi connectivity index (χ4n) is 1.46. The van der Waals surface area contributed by atoms with Gasteiger partial charge < -0.3 is 10.1 Å². The summed E-state index contributed by atoms with van der Waals surface area (Å²) in [6, 6.07) is 2.57. The van der Waals surface area contributed by atoms with Crippen molar-refractivity contribution < 1.29 is 27.1 Å². The molecular weight excluding hydrogens is 346 g/mol. The van der Waals surface area contributed by atoms with Crippen LogP contribution in [-0.4, -0.2) is 31.0 Å². The number of hydrogen-bond donors (Lipinski definition) is 1. The number of ether oxygens (including phenoxy) is 1. The van der Waals surface area contributed by atoms with E-state index in [0.717, 1.165) is 12.1 Å². The number of alkyl halides is 4. The van der Waals surface area contributed by atoms with Crippen LogP contribution < -0.4 is 5.32 Å². The third-order valence-corrected chi connectivity index (χ3v) is 2.97. The topological polar surface area (TPSA) is 38.3 Å². The van der Waals surface area contributed by atoms with Crippen LogP contribution in [0.4, 0.5) is 17.6 Å². The summed E-state index contributed by atoms with van der Waals surface area (Å²) >= 11 is 3.19. The van der Waals surface area contributed by atoms with Crippen LogP contribution in [-0.2, 0) is 10.9 Å². The predicted octanol–water partition coefficient (Wildman–Crippen LogP) is 2.98. The van der Waals surface area contributed by atoms with Crippen LogP contribution in [0.2, 0.25) is 0 Å². The van der Waals surface area contributed by atoms with Gasteiger partial charge in [0.25, 0.3) is 5.91 Å². The third kappa shape index (κ3) is 4.45. The van der Waals surface area contributed by atoms with Crippen molar-refractivity contribution >= 4 is 21.8 Å². The van der Waals surface area contributed by atoms with Crippen LogP contribution in [0, 0.1) is 5.82 Å². The van der Waals surface area contributed by atoms with Gasteiger partial charge in [0.05, 0.1) is 22.6 Å². The molecule has 112 valence electrons. The molecule has 0 fully saturated rings. The lowest BCUT2D eigenvalue weighted by atomic mass is 10.1. The van der Waals surface area contributed by atoms with Crippen molar-refractivity contribution in [3.8, 4) is 0 Å². The Morgan fingerprint density at radius 2 is 2.10 bits per heavy atom. The number of nitrogens with one attached hydrogen (secondary N) is 1. The number of halogens is 5.